The topological polar surface area (TPSA) is 41.1 Å². The highest BCUT2D eigenvalue weighted by Gasteiger charge is 2.32. The van der Waals surface area contributed by atoms with Gasteiger partial charge < -0.3 is 10.6 Å². The fraction of sp³-hybridized carbons (Fsp3) is 0.235. The molecule has 0 aliphatic rings. The summed E-state index contributed by atoms with van der Waals surface area (Å²) in [7, 11) is 0. The SMILES string of the molecule is CCc1ccc(NC(=O)NCc2ccccc2C(F)(F)F)cc1. The van der Waals surface area contributed by atoms with E-state index in [-0.39, 0.29) is 12.1 Å². The van der Waals surface area contributed by atoms with Crippen LogP contribution in [0.5, 0.6) is 0 Å². The van der Waals surface area contributed by atoms with Gasteiger partial charge in [-0.3, -0.25) is 0 Å². The second kappa shape index (κ2) is 7.17. The summed E-state index contributed by atoms with van der Waals surface area (Å²) in [5.41, 5.74) is 1.00. The average molecular weight is 322 g/mol. The van der Waals surface area contributed by atoms with Crippen molar-refractivity contribution in [3.8, 4) is 0 Å². The molecule has 0 radical (unpaired) electrons. The highest BCUT2D eigenvalue weighted by atomic mass is 19.4. The summed E-state index contributed by atoms with van der Waals surface area (Å²) in [6.07, 6.45) is -3.55. The van der Waals surface area contributed by atoms with Gasteiger partial charge in [-0.1, -0.05) is 37.3 Å². The van der Waals surface area contributed by atoms with Gasteiger partial charge in [0.15, 0.2) is 0 Å². The number of anilines is 1. The molecule has 0 aromatic heterocycles. The zero-order valence-electron chi connectivity index (χ0n) is 12.6. The lowest BCUT2D eigenvalue weighted by Crippen LogP contribution is -2.29. The predicted molar refractivity (Wildman–Crippen MR) is 83.1 cm³/mol. The second-order valence-electron chi connectivity index (χ2n) is 5.01. The van der Waals surface area contributed by atoms with Crippen LogP contribution in [0.15, 0.2) is 48.5 Å². The zero-order chi connectivity index (χ0) is 16.9. The smallest absolute Gasteiger partial charge is 0.334 e. The van der Waals surface area contributed by atoms with Crippen molar-refractivity contribution in [1.29, 1.82) is 0 Å². The van der Waals surface area contributed by atoms with Crippen LogP contribution in [0.2, 0.25) is 0 Å². The Balaban J connectivity index is 1.97. The standard InChI is InChI=1S/C17H17F3N2O/c1-2-12-7-9-14(10-8-12)22-16(23)21-11-13-5-3-4-6-15(13)17(18,19)20/h3-10H,2,11H2,1H3,(H2,21,22,23). The summed E-state index contributed by atoms with van der Waals surface area (Å²) >= 11 is 0. The van der Waals surface area contributed by atoms with Gasteiger partial charge in [0.1, 0.15) is 0 Å². The Labute approximate surface area is 132 Å². The molecule has 2 aromatic carbocycles. The van der Waals surface area contributed by atoms with E-state index in [1.807, 2.05) is 19.1 Å². The molecule has 2 rings (SSSR count). The van der Waals surface area contributed by atoms with Gasteiger partial charge in [-0.05, 0) is 35.7 Å². The minimum Gasteiger partial charge on any atom is -0.334 e. The number of hydrogen-bond donors (Lipinski definition) is 2. The summed E-state index contributed by atoms with van der Waals surface area (Å²) in [5.74, 6) is 0. The van der Waals surface area contributed by atoms with Gasteiger partial charge in [0.2, 0.25) is 0 Å². The van der Waals surface area contributed by atoms with Crippen molar-refractivity contribution in [2.75, 3.05) is 5.32 Å². The Kier molecular flexibility index (Phi) is 5.26. The van der Waals surface area contributed by atoms with Gasteiger partial charge in [-0.25, -0.2) is 4.79 Å². The zero-order valence-corrected chi connectivity index (χ0v) is 12.6. The first kappa shape index (κ1) is 16.9. The number of urea groups is 1. The van der Waals surface area contributed by atoms with E-state index in [4.69, 9.17) is 0 Å². The van der Waals surface area contributed by atoms with E-state index in [2.05, 4.69) is 10.6 Å². The van der Waals surface area contributed by atoms with Gasteiger partial charge >= 0.3 is 12.2 Å². The molecule has 2 N–H and O–H groups in total. The molecule has 0 saturated carbocycles. The second-order valence-corrected chi connectivity index (χ2v) is 5.01. The Morgan fingerprint density at radius 3 is 2.30 bits per heavy atom. The Morgan fingerprint density at radius 1 is 1.04 bits per heavy atom. The molecule has 2 aromatic rings. The highest BCUT2D eigenvalue weighted by Crippen LogP contribution is 2.31. The molecule has 0 unspecified atom stereocenters. The molecule has 0 bridgehead atoms. The maximum absolute atomic E-state index is 12.9. The molecule has 3 nitrogen and oxygen atoms in total. The first-order chi connectivity index (χ1) is 10.9. The molecule has 0 fully saturated rings. The van der Waals surface area contributed by atoms with Crippen LogP contribution in [0.3, 0.4) is 0 Å². The number of rotatable bonds is 4. The number of alkyl halides is 3. The number of aryl methyl sites for hydroxylation is 1. The van der Waals surface area contributed by atoms with E-state index < -0.39 is 17.8 Å². The number of amides is 2. The number of nitrogens with one attached hydrogen (secondary N) is 2. The first-order valence-electron chi connectivity index (χ1n) is 7.19. The van der Waals surface area contributed by atoms with Crippen LogP contribution in [0.1, 0.15) is 23.6 Å². The number of halogens is 3. The number of carbonyl (C=O) groups excluding carboxylic acids is 1. The van der Waals surface area contributed by atoms with E-state index in [9.17, 15) is 18.0 Å². The van der Waals surface area contributed by atoms with Crippen LogP contribution >= 0.6 is 0 Å². The first-order valence-corrected chi connectivity index (χ1v) is 7.19. The lowest BCUT2D eigenvalue weighted by Gasteiger charge is -2.13. The quantitative estimate of drug-likeness (QED) is 0.849. The third kappa shape index (κ3) is 4.74. The summed E-state index contributed by atoms with van der Waals surface area (Å²) in [6.45, 7) is 1.82. The van der Waals surface area contributed by atoms with Gasteiger partial charge in [0, 0.05) is 12.2 Å². The van der Waals surface area contributed by atoms with Crippen molar-refractivity contribution in [3.05, 3.63) is 65.2 Å². The minimum absolute atomic E-state index is 0.0245. The molecule has 2 amide bonds. The maximum atomic E-state index is 12.9. The molecule has 6 heteroatoms. The Morgan fingerprint density at radius 2 is 1.70 bits per heavy atom. The molecule has 122 valence electrons. The predicted octanol–water partition coefficient (Wildman–Crippen LogP) is 4.59. The van der Waals surface area contributed by atoms with Gasteiger partial charge in [0.05, 0.1) is 5.56 Å². The fourth-order valence-electron chi connectivity index (χ4n) is 2.13. The largest absolute Gasteiger partial charge is 0.416 e. The Bertz CT molecular complexity index is 666. The summed E-state index contributed by atoms with van der Waals surface area (Å²) in [5, 5.41) is 5.03. The van der Waals surface area contributed by atoms with Crippen molar-refractivity contribution >= 4 is 11.7 Å². The molecule has 0 aliphatic carbocycles. The van der Waals surface area contributed by atoms with E-state index >= 15 is 0 Å². The summed E-state index contributed by atoms with van der Waals surface area (Å²) < 4.78 is 38.6. The molecular weight excluding hydrogens is 305 g/mol. The Hall–Kier alpha value is -2.50. The van der Waals surface area contributed by atoms with Crippen molar-refractivity contribution in [3.63, 3.8) is 0 Å². The van der Waals surface area contributed by atoms with Crippen LogP contribution in [0.25, 0.3) is 0 Å². The van der Waals surface area contributed by atoms with Gasteiger partial charge in [-0.2, -0.15) is 13.2 Å². The van der Waals surface area contributed by atoms with E-state index in [0.717, 1.165) is 18.1 Å². The van der Waals surface area contributed by atoms with Crippen molar-refractivity contribution < 1.29 is 18.0 Å². The third-order valence-electron chi connectivity index (χ3n) is 3.38. The van der Waals surface area contributed by atoms with Crippen LogP contribution in [-0.2, 0) is 19.1 Å². The molecule has 23 heavy (non-hydrogen) atoms. The van der Waals surface area contributed by atoms with Crippen LogP contribution in [0.4, 0.5) is 23.7 Å². The van der Waals surface area contributed by atoms with Crippen molar-refractivity contribution in [1.82, 2.24) is 5.32 Å². The monoisotopic (exact) mass is 322 g/mol. The van der Waals surface area contributed by atoms with E-state index in [1.54, 1.807) is 12.1 Å². The maximum Gasteiger partial charge on any atom is 0.416 e. The minimum atomic E-state index is -4.44. The molecular formula is C17H17F3N2O. The van der Waals surface area contributed by atoms with Gasteiger partial charge in [0.25, 0.3) is 0 Å². The fourth-order valence-corrected chi connectivity index (χ4v) is 2.13. The lowest BCUT2D eigenvalue weighted by atomic mass is 10.1. The normalized spacial score (nSPS) is 11.1. The summed E-state index contributed by atoms with van der Waals surface area (Å²) in [6, 6.07) is 11.9. The van der Waals surface area contributed by atoms with Crippen LogP contribution in [0, 0.1) is 0 Å². The molecule has 0 atom stereocenters. The number of carbonyl (C=O) groups is 1. The van der Waals surface area contributed by atoms with Gasteiger partial charge in [-0.15, -0.1) is 0 Å². The van der Waals surface area contributed by atoms with E-state index in [0.29, 0.717) is 5.69 Å². The number of benzene rings is 2. The highest BCUT2D eigenvalue weighted by molar-refractivity contribution is 5.89. The molecule has 0 aliphatic heterocycles. The average Bonchev–Trinajstić information content (AvgIpc) is 2.53. The molecule has 0 spiro atoms. The lowest BCUT2D eigenvalue weighted by molar-refractivity contribution is -0.138. The van der Waals surface area contributed by atoms with Crippen LogP contribution in [-0.4, -0.2) is 6.03 Å². The molecule has 0 saturated heterocycles. The van der Waals surface area contributed by atoms with Crippen LogP contribution < -0.4 is 10.6 Å². The van der Waals surface area contributed by atoms with Crippen molar-refractivity contribution in [2.45, 2.75) is 26.1 Å². The number of hydrogen-bond acceptors (Lipinski definition) is 1. The van der Waals surface area contributed by atoms with Crippen molar-refractivity contribution in [2.24, 2.45) is 0 Å². The summed E-state index contributed by atoms with van der Waals surface area (Å²) in [4.78, 5) is 11.8. The van der Waals surface area contributed by atoms with E-state index in [1.165, 1.54) is 18.2 Å². The molecule has 0 heterocycles. The third-order valence-corrected chi connectivity index (χ3v) is 3.38.